The van der Waals surface area contributed by atoms with Gasteiger partial charge in [0.2, 0.25) is 5.91 Å². The molecular weight excluding hydrogens is 398 g/mol. The van der Waals surface area contributed by atoms with Gasteiger partial charge in [-0.2, -0.15) is 0 Å². The molecule has 0 aliphatic carbocycles. The van der Waals surface area contributed by atoms with E-state index in [0.717, 1.165) is 21.7 Å². The van der Waals surface area contributed by atoms with Crippen molar-refractivity contribution >= 4 is 34.7 Å². The second-order valence-corrected chi connectivity index (χ2v) is 8.32. The summed E-state index contributed by atoms with van der Waals surface area (Å²) in [6.45, 7) is 0. The molecule has 0 radical (unpaired) electrons. The third-order valence-electron chi connectivity index (χ3n) is 5.16. The van der Waals surface area contributed by atoms with Gasteiger partial charge in [-0.3, -0.25) is 14.5 Å². The molecule has 2 N–H and O–H groups in total. The fourth-order valence-electron chi connectivity index (χ4n) is 3.57. The maximum absolute atomic E-state index is 12.8. The molecule has 1 aromatic carbocycles. The minimum Gasteiger partial charge on any atom is -0.388 e. The Bertz CT molecular complexity index is 1080. The van der Waals surface area contributed by atoms with Gasteiger partial charge >= 0.3 is 0 Å². The van der Waals surface area contributed by atoms with E-state index in [-0.39, 0.29) is 11.8 Å². The van der Waals surface area contributed by atoms with Crippen LogP contribution < -0.4 is 15.5 Å². The molecule has 4 rings (SSSR count). The fraction of sp³-hybridized carbons (Fsp3) is 0.273. The van der Waals surface area contributed by atoms with Crippen LogP contribution in [0.4, 0.5) is 11.5 Å². The van der Waals surface area contributed by atoms with Crippen LogP contribution in [0.3, 0.4) is 0 Å². The number of hydrogen-bond acceptors (Lipinski definition) is 6. The van der Waals surface area contributed by atoms with Crippen molar-refractivity contribution in [1.29, 1.82) is 0 Å². The van der Waals surface area contributed by atoms with E-state index in [9.17, 15) is 9.59 Å². The molecule has 30 heavy (non-hydrogen) atoms. The number of aromatic nitrogens is 2. The first-order chi connectivity index (χ1) is 14.5. The summed E-state index contributed by atoms with van der Waals surface area (Å²) in [5.41, 5.74) is 3.19. The third-order valence-corrected chi connectivity index (χ3v) is 6.16. The summed E-state index contributed by atoms with van der Waals surface area (Å²) in [4.78, 5) is 36.7. The molecule has 7 nitrogen and oxygen atoms in total. The molecule has 0 saturated carbocycles. The summed E-state index contributed by atoms with van der Waals surface area (Å²) in [6.07, 6.45) is 5.31. The van der Waals surface area contributed by atoms with Crippen LogP contribution in [0.2, 0.25) is 0 Å². The Balaban J connectivity index is 1.44. The summed E-state index contributed by atoms with van der Waals surface area (Å²) in [6, 6.07) is 11.3. The number of anilines is 2. The molecule has 0 unspecified atom stereocenters. The van der Waals surface area contributed by atoms with Gasteiger partial charge in [0.1, 0.15) is 11.9 Å². The predicted molar refractivity (Wildman–Crippen MR) is 118 cm³/mol. The van der Waals surface area contributed by atoms with Crippen molar-refractivity contribution in [2.75, 3.05) is 24.3 Å². The Morgan fingerprint density at radius 1 is 1.27 bits per heavy atom. The number of thiazole rings is 1. The lowest BCUT2D eigenvalue weighted by Gasteiger charge is -2.20. The van der Waals surface area contributed by atoms with Gasteiger partial charge < -0.3 is 10.6 Å². The van der Waals surface area contributed by atoms with Gasteiger partial charge in [0.25, 0.3) is 5.91 Å². The first kappa shape index (κ1) is 20.0. The van der Waals surface area contributed by atoms with Gasteiger partial charge in [0, 0.05) is 43.5 Å². The molecule has 1 aliphatic rings. The van der Waals surface area contributed by atoms with Crippen molar-refractivity contribution in [2.45, 2.75) is 25.3 Å². The van der Waals surface area contributed by atoms with Crippen LogP contribution in [-0.4, -0.2) is 41.9 Å². The van der Waals surface area contributed by atoms with E-state index in [1.54, 1.807) is 19.4 Å². The van der Waals surface area contributed by atoms with Crippen LogP contribution in [0.5, 0.6) is 0 Å². The highest BCUT2D eigenvalue weighted by Gasteiger charge is 2.30. The number of benzene rings is 1. The summed E-state index contributed by atoms with van der Waals surface area (Å²) in [7, 11) is 3.58. The van der Waals surface area contributed by atoms with Gasteiger partial charge in [-0.25, -0.2) is 9.97 Å². The minimum atomic E-state index is -0.601. The van der Waals surface area contributed by atoms with Crippen LogP contribution in [0.15, 0.2) is 48.8 Å². The Morgan fingerprint density at radius 2 is 2.13 bits per heavy atom. The van der Waals surface area contributed by atoms with Crippen molar-refractivity contribution in [3.05, 3.63) is 69.8 Å². The van der Waals surface area contributed by atoms with Crippen LogP contribution >= 0.6 is 11.3 Å². The molecule has 2 amide bonds. The van der Waals surface area contributed by atoms with E-state index in [0.29, 0.717) is 30.1 Å². The maximum Gasteiger partial charge on any atom is 0.280 e. The van der Waals surface area contributed by atoms with Crippen molar-refractivity contribution in [1.82, 2.24) is 15.3 Å². The number of nitrogens with zero attached hydrogens (tertiary/aromatic N) is 3. The molecule has 0 spiro atoms. The zero-order valence-electron chi connectivity index (χ0n) is 16.9. The SMILES string of the molecule is CNc1cccc(Cc2cnc(C(=O)N[C@H]3CCc4cccnc4N(C)C3=O)s2)c1. The second-order valence-electron chi connectivity index (χ2n) is 7.21. The number of amides is 2. The first-order valence-corrected chi connectivity index (χ1v) is 10.6. The standard InChI is InChI=1S/C22H23N5O2S/c1-23-16-7-3-5-14(11-16)12-17-13-25-21(30-17)20(28)26-18-9-8-15-6-4-10-24-19(15)27(2)22(18)29/h3-7,10-11,13,18,23H,8-9,12H2,1-2H3,(H,26,28)/t18-/m0/s1. The monoisotopic (exact) mass is 421 g/mol. The number of carbonyl (C=O) groups is 2. The quantitative estimate of drug-likeness (QED) is 0.662. The van der Waals surface area contributed by atoms with Gasteiger partial charge in [0.05, 0.1) is 0 Å². The van der Waals surface area contributed by atoms with Crippen molar-refractivity contribution in [3.63, 3.8) is 0 Å². The van der Waals surface area contributed by atoms with Crippen molar-refractivity contribution in [2.24, 2.45) is 0 Å². The predicted octanol–water partition coefficient (Wildman–Crippen LogP) is 2.88. The van der Waals surface area contributed by atoms with Gasteiger partial charge in [-0.05, 0) is 42.2 Å². The number of hydrogen-bond donors (Lipinski definition) is 2. The van der Waals surface area contributed by atoms with E-state index < -0.39 is 6.04 Å². The average molecular weight is 422 g/mol. The highest BCUT2D eigenvalue weighted by Crippen LogP contribution is 2.24. The van der Waals surface area contributed by atoms with Gasteiger partial charge in [0.15, 0.2) is 5.01 Å². The number of aryl methyl sites for hydroxylation is 1. The molecule has 1 aliphatic heterocycles. The van der Waals surface area contributed by atoms with Crippen LogP contribution in [0.1, 0.15) is 32.2 Å². The normalized spacial score (nSPS) is 16.0. The molecule has 8 heteroatoms. The maximum atomic E-state index is 12.8. The van der Waals surface area contributed by atoms with Crippen LogP contribution in [0, 0.1) is 0 Å². The highest BCUT2D eigenvalue weighted by atomic mass is 32.1. The Hall–Kier alpha value is -3.26. The number of likely N-dealkylation sites (N-methyl/N-ethyl adjacent to an activating group) is 1. The van der Waals surface area contributed by atoms with E-state index in [4.69, 9.17) is 0 Å². The lowest BCUT2D eigenvalue weighted by Crippen LogP contribution is -2.46. The average Bonchev–Trinajstić information content (AvgIpc) is 3.20. The molecule has 154 valence electrons. The molecular formula is C22H23N5O2S. The number of pyridine rings is 1. The molecule has 0 bridgehead atoms. The Morgan fingerprint density at radius 3 is 2.97 bits per heavy atom. The minimum absolute atomic E-state index is 0.165. The van der Waals surface area contributed by atoms with Crippen LogP contribution in [-0.2, 0) is 17.6 Å². The lowest BCUT2D eigenvalue weighted by atomic mass is 10.1. The number of fused-ring (bicyclic) bond motifs is 1. The molecule has 3 heterocycles. The smallest absolute Gasteiger partial charge is 0.280 e. The van der Waals surface area contributed by atoms with E-state index >= 15 is 0 Å². The number of nitrogens with one attached hydrogen (secondary N) is 2. The summed E-state index contributed by atoms with van der Waals surface area (Å²) in [5.74, 6) is 0.168. The van der Waals surface area contributed by atoms with E-state index in [2.05, 4.69) is 26.7 Å². The van der Waals surface area contributed by atoms with Crippen molar-refractivity contribution < 1.29 is 9.59 Å². The summed E-state index contributed by atoms with van der Waals surface area (Å²) >= 11 is 1.35. The molecule has 1 atom stereocenters. The largest absolute Gasteiger partial charge is 0.388 e. The number of rotatable bonds is 5. The highest BCUT2D eigenvalue weighted by molar-refractivity contribution is 7.13. The first-order valence-electron chi connectivity index (χ1n) is 9.79. The molecule has 0 fully saturated rings. The third kappa shape index (κ3) is 4.18. The van der Waals surface area contributed by atoms with Gasteiger partial charge in [-0.1, -0.05) is 18.2 Å². The van der Waals surface area contributed by atoms with E-state index in [1.807, 2.05) is 37.4 Å². The summed E-state index contributed by atoms with van der Waals surface area (Å²) in [5, 5.41) is 6.36. The number of carbonyl (C=O) groups excluding carboxylic acids is 2. The molecule has 2 aromatic heterocycles. The zero-order chi connectivity index (χ0) is 21.1. The van der Waals surface area contributed by atoms with Gasteiger partial charge in [-0.15, -0.1) is 11.3 Å². The van der Waals surface area contributed by atoms with Crippen LogP contribution in [0.25, 0.3) is 0 Å². The molecule has 3 aromatic rings. The second kappa shape index (κ2) is 8.62. The zero-order valence-corrected chi connectivity index (χ0v) is 17.7. The Kier molecular flexibility index (Phi) is 5.76. The summed E-state index contributed by atoms with van der Waals surface area (Å²) < 4.78 is 0. The van der Waals surface area contributed by atoms with E-state index in [1.165, 1.54) is 16.2 Å². The molecule has 0 saturated heterocycles. The van der Waals surface area contributed by atoms with Crippen molar-refractivity contribution in [3.8, 4) is 0 Å². The fourth-order valence-corrected chi connectivity index (χ4v) is 4.42. The lowest BCUT2D eigenvalue weighted by molar-refractivity contribution is -0.120. The Labute approximate surface area is 179 Å². The topological polar surface area (TPSA) is 87.2 Å².